The quantitative estimate of drug-likeness (QED) is 0.719. The molecule has 2 unspecified atom stereocenters. The molecule has 0 amide bonds. The number of hydrogen-bond donors (Lipinski definition) is 1. The third-order valence-electron chi connectivity index (χ3n) is 4.09. The lowest BCUT2D eigenvalue weighted by Gasteiger charge is -2.38. The van der Waals surface area contributed by atoms with Crippen LogP contribution in [0.4, 0.5) is 0 Å². The zero-order valence-corrected chi connectivity index (χ0v) is 10.2. The van der Waals surface area contributed by atoms with Crippen LogP contribution in [-0.4, -0.2) is 49.7 Å². The Morgan fingerprint density at radius 3 is 2.50 bits per heavy atom. The summed E-state index contributed by atoms with van der Waals surface area (Å²) in [4.78, 5) is 13.7. The van der Waals surface area contributed by atoms with Gasteiger partial charge in [0.2, 0.25) is 0 Å². The van der Waals surface area contributed by atoms with Crippen molar-refractivity contribution < 1.29 is 9.53 Å². The lowest BCUT2D eigenvalue weighted by molar-refractivity contribution is -0.141. The van der Waals surface area contributed by atoms with Crippen LogP contribution in [0, 0.1) is 0 Å². The second kappa shape index (κ2) is 5.15. The van der Waals surface area contributed by atoms with Crippen molar-refractivity contribution in [1.29, 1.82) is 0 Å². The van der Waals surface area contributed by atoms with E-state index in [1.54, 1.807) is 0 Å². The van der Waals surface area contributed by atoms with Crippen molar-refractivity contribution in [2.24, 2.45) is 0 Å². The summed E-state index contributed by atoms with van der Waals surface area (Å²) in [6, 6.07) is 2.04. The Bertz CT molecular complexity index is 243. The van der Waals surface area contributed by atoms with Crippen molar-refractivity contribution in [3.8, 4) is 0 Å². The number of methoxy groups -OCH3 is 1. The summed E-state index contributed by atoms with van der Waals surface area (Å²) in [5.74, 6) is -0.0878. The largest absolute Gasteiger partial charge is 0.469 e. The van der Waals surface area contributed by atoms with Gasteiger partial charge in [-0.25, -0.2) is 0 Å². The van der Waals surface area contributed by atoms with E-state index < -0.39 is 0 Å². The van der Waals surface area contributed by atoms with Crippen molar-refractivity contribution in [1.82, 2.24) is 10.2 Å². The van der Waals surface area contributed by atoms with Crippen LogP contribution in [0.2, 0.25) is 0 Å². The van der Waals surface area contributed by atoms with E-state index in [1.165, 1.54) is 32.8 Å². The smallest absolute Gasteiger partial charge is 0.306 e. The number of hydrogen-bond acceptors (Lipinski definition) is 4. The van der Waals surface area contributed by atoms with E-state index in [-0.39, 0.29) is 5.97 Å². The molecule has 0 aromatic rings. The van der Waals surface area contributed by atoms with Crippen LogP contribution in [0.25, 0.3) is 0 Å². The van der Waals surface area contributed by atoms with Crippen LogP contribution >= 0.6 is 0 Å². The molecule has 16 heavy (non-hydrogen) atoms. The molecule has 1 N–H and O–H groups in total. The second-order valence-electron chi connectivity index (χ2n) is 4.91. The van der Waals surface area contributed by atoms with Gasteiger partial charge in [-0.2, -0.15) is 0 Å². The summed E-state index contributed by atoms with van der Waals surface area (Å²) >= 11 is 0. The Balaban J connectivity index is 1.86. The van der Waals surface area contributed by atoms with Crippen LogP contribution in [-0.2, 0) is 9.53 Å². The maximum absolute atomic E-state index is 11.1. The zero-order valence-electron chi connectivity index (χ0n) is 10.2. The molecule has 2 rings (SSSR count). The van der Waals surface area contributed by atoms with Crippen molar-refractivity contribution in [2.75, 3.05) is 20.7 Å². The average Bonchev–Trinajstić information content (AvgIpc) is 2.55. The highest BCUT2D eigenvalue weighted by Gasteiger charge is 2.39. The number of rotatable bonds is 4. The average molecular weight is 226 g/mol. The van der Waals surface area contributed by atoms with Gasteiger partial charge >= 0.3 is 5.97 Å². The van der Waals surface area contributed by atoms with E-state index in [0.29, 0.717) is 24.5 Å². The van der Waals surface area contributed by atoms with Gasteiger partial charge in [-0.1, -0.05) is 0 Å². The molecule has 4 heteroatoms. The van der Waals surface area contributed by atoms with Crippen molar-refractivity contribution in [2.45, 2.75) is 50.2 Å². The highest BCUT2D eigenvalue weighted by Crippen LogP contribution is 2.35. The molecule has 2 bridgehead atoms. The maximum atomic E-state index is 11.1. The minimum absolute atomic E-state index is 0.0878. The molecule has 2 saturated heterocycles. The number of piperidine rings is 1. The fourth-order valence-corrected chi connectivity index (χ4v) is 3.20. The van der Waals surface area contributed by atoms with Crippen molar-refractivity contribution in [3.05, 3.63) is 0 Å². The van der Waals surface area contributed by atoms with Gasteiger partial charge in [0, 0.05) is 24.7 Å². The number of nitrogens with zero attached hydrogens (tertiary/aromatic N) is 1. The van der Waals surface area contributed by atoms with Crippen molar-refractivity contribution in [3.63, 3.8) is 0 Å². The van der Waals surface area contributed by atoms with Gasteiger partial charge in [0.25, 0.3) is 0 Å². The first-order chi connectivity index (χ1) is 7.74. The van der Waals surface area contributed by atoms with E-state index in [4.69, 9.17) is 4.74 Å². The molecule has 0 spiro atoms. The highest BCUT2D eigenvalue weighted by molar-refractivity contribution is 5.69. The van der Waals surface area contributed by atoms with Crippen LogP contribution in [0.3, 0.4) is 0 Å². The normalized spacial score (nSPS) is 34.0. The van der Waals surface area contributed by atoms with E-state index in [9.17, 15) is 4.79 Å². The molecule has 0 radical (unpaired) electrons. The topological polar surface area (TPSA) is 41.6 Å². The molecule has 2 aliphatic rings. The minimum Gasteiger partial charge on any atom is -0.469 e. The van der Waals surface area contributed by atoms with Gasteiger partial charge in [-0.3, -0.25) is 9.69 Å². The molecule has 2 heterocycles. The summed E-state index contributed by atoms with van der Waals surface area (Å²) in [5.41, 5.74) is 0. The molecule has 2 atom stereocenters. The van der Waals surface area contributed by atoms with Crippen LogP contribution in [0.15, 0.2) is 0 Å². The summed E-state index contributed by atoms with van der Waals surface area (Å²) in [6.07, 6.45) is 5.59. The molecule has 0 aromatic heterocycles. The Hall–Kier alpha value is -0.610. The first kappa shape index (κ1) is 11.9. The molecule has 0 aliphatic carbocycles. The van der Waals surface area contributed by atoms with Gasteiger partial charge in [0.15, 0.2) is 0 Å². The third-order valence-corrected chi connectivity index (χ3v) is 4.09. The predicted molar refractivity (Wildman–Crippen MR) is 62.2 cm³/mol. The SMILES string of the molecule is CNC1CC2CCC(C1)N2CCC(=O)OC. The number of carbonyl (C=O) groups excluding carboxylic acids is 1. The lowest BCUT2D eigenvalue weighted by Crippen LogP contribution is -2.48. The first-order valence-electron chi connectivity index (χ1n) is 6.24. The number of fused-ring (bicyclic) bond motifs is 2. The fraction of sp³-hybridized carbons (Fsp3) is 0.917. The molecule has 4 nitrogen and oxygen atoms in total. The molecular weight excluding hydrogens is 204 g/mol. The first-order valence-corrected chi connectivity index (χ1v) is 6.24. The summed E-state index contributed by atoms with van der Waals surface area (Å²) in [5, 5.41) is 3.38. The second-order valence-corrected chi connectivity index (χ2v) is 4.91. The van der Waals surface area contributed by atoms with Gasteiger partial charge in [-0.05, 0) is 32.7 Å². The molecule has 0 aromatic carbocycles. The van der Waals surface area contributed by atoms with E-state index >= 15 is 0 Å². The molecule has 2 aliphatic heterocycles. The van der Waals surface area contributed by atoms with Gasteiger partial charge in [-0.15, -0.1) is 0 Å². The summed E-state index contributed by atoms with van der Waals surface area (Å²) < 4.78 is 4.70. The Labute approximate surface area is 97.3 Å². The number of carbonyl (C=O) groups is 1. The molecular formula is C12H22N2O2. The van der Waals surface area contributed by atoms with Gasteiger partial charge in [0.05, 0.1) is 13.5 Å². The highest BCUT2D eigenvalue weighted by atomic mass is 16.5. The van der Waals surface area contributed by atoms with Crippen LogP contribution in [0.5, 0.6) is 0 Å². The van der Waals surface area contributed by atoms with Gasteiger partial charge in [0.1, 0.15) is 0 Å². The number of nitrogens with one attached hydrogen (secondary N) is 1. The zero-order chi connectivity index (χ0) is 11.5. The monoisotopic (exact) mass is 226 g/mol. The number of ether oxygens (including phenoxy) is 1. The maximum Gasteiger partial charge on any atom is 0.306 e. The fourth-order valence-electron chi connectivity index (χ4n) is 3.20. The predicted octanol–water partition coefficient (Wildman–Crippen LogP) is 0.764. The van der Waals surface area contributed by atoms with Crippen LogP contribution < -0.4 is 5.32 Å². The summed E-state index contributed by atoms with van der Waals surface area (Å²) in [6.45, 7) is 0.873. The molecule has 0 saturated carbocycles. The third kappa shape index (κ3) is 2.38. The van der Waals surface area contributed by atoms with Crippen LogP contribution in [0.1, 0.15) is 32.1 Å². The van der Waals surface area contributed by atoms with Gasteiger partial charge < -0.3 is 10.1 Å². The lowest BCUT2D eigenvalue weighted by atomic mass is 9.97. The Morgan fingerprint density at radius 2 is 2.00 bits per heavy atom. The van der Waals surface area contributed by atoms with E-state index in [2.05, 4.69) is 10.2 Å². The van der Waals surface area contributed by atoms with Crippen molar-refractivity contribution >= 4 is 5.97 Å². The Morgan fingerprint density at radius 1 is 1.38 bits per heavy atom. The Kier molecular flexibility index (Phi) is 3.82. The van der Waals surface area contributed by atoms with E-state index in [0.717, 1.165) is 6.54 Å². The standard InChI is InChI=1S/C12H22N2O2/c1-13-9-7-10-3-4-11(8-9)14(10)6-5-12(15)16-2/h9-11,13H,3-8H2,1-2H3. The van der Waals surface area contributed by atoms with E-state index in [1.807, 2.05) is 7.05 Å². The molecule has 92 valence electrons. The number of esters is 1. The minimum atomic E-state index is -0.0878. The summed E-state index contributed by atoms with van der Waals surface area (Å²) in [7, 11) is 3.51. The molecule has 2 fully saturated rings.